The van der Waals surface area contributed by atoms with E-state index >= 15 is 0 Å². The Hall–Kier alpha value is -1.07. The van der Waals surface area contributed by atoms with Crippen LogP contribution in [0.1, 0.15) is 31.9 Å². The number of nitrogens with one attached hydrogen (secondary N) is 1. The number of benzene rings is 1. The largest absolute Gasteiger partial charge is 0.392 e. The Labute approximate surface area is 117 Å². The third kappa shape index (κ3) is 6.07. The fraction of sp³-hybridized carbons (Fsp3) is 0.500. The number of hydrogen-bond acceptors (Lipinski definition) is 3. The Morgan fingerprint density at radius 1 is 1.42 bits per heavy atom. The second-order valence-electron chi connectivity index (χ2n) is 5.26. The Balaban J connectivity index is 2.46. The molecule has 1 aromatic rings. The van der Waals surface area contributed by atoms with E-state index in [4.69, 9.17) is 5.11 Å². The van der Waals surface area contributed by atoms with Crippen molar-refractivity contribution >= 4 is 17.7 Å². The molecule has 0 aliphatic heterocycles. The fourth-order valence-electron chi connectivity index (χ4n) is 1.39. The van der Waals surface area contributed by atoms with Crippen molar-refractivity contribution in [2.45, 2.75) is 38.7 Å². The van der Waals surface area contributed by atoms with E-state index in [1.807, 2.05) is 0 Å². The van der Waals surface area contributed by atoms with E-state index in [1.54, 1.807) is 23.9 Å². The van der Waals surface area contributed by atoms with Crippen LogP contribution < -0.4 is 5.32 Å². The predicted octanol–water partition coefficient (Wildman–Crippen LogP) is 2.47. The summed E-state index contributed by atoms with van der Waals surface area (Å²) in [5, 5.41) is 11.7. The van der Waals surface area contributed by atoms with E-state index in [1.165, 1.54) is 6.07 Å². The quantitative estimate of drug-likeness (QED) is 0.874. The highest BCUT2D eigenvalue weighted by Crippen LogP contribution is 2.22. The summed E-state index contributed by atoms with van der Waals surface area (Å²) in [7, 11) is 0. The lowest BCUT2D eigenvalue weighted by atomic mass is 10.1. The van der Waals surface area contributed by atoms with Crippen molar-refractivity contribution in [1.82, 2.24) is 5.32 Å². The number of thioether (sulfide) groups is 1. The average Bonchev–Trinajstić information content (AvgIpc) is 2.34. The van der Waals surface area contributed by atoms with Crippen LogP contribution in [0.25, 0.3) is 0 Å². The predicted molar refractivity (Wildman–Crippen MR) is 76.4 cm³/mol. The number of rotatable bonds is 5. The minimum atomic E-state index is -0.430. The van der Waals surface area contributed by atoms with Gasteiger partial charge in [-0.3, -0.25) is 4.79 Å². The molecule has 0 aliphatic rings. The van der Waals surface area contributed by atoms with Crippen LogP contribution in [0, 0.1) is 5.82 Å². The van der Waals surface area contributed by atoms with Gasteiger partial charge >= 0.3 is 0 Å². The summed E-state index contributed by atoms with van der Waals surface area (Å²) in [6, 6.07) is 4.47. The Kier molecular flexibility index (Phi) is 5.82. The minimum absolute atomic E-state index is 0.0465. The van der Waals surface area contributed by atoms with Crippen LogP contribution in [0.4, 0.5) is 4.39 Å². The lowest BCUT2D eigenvalue weighted by Gasteiger charge is -2.17. The van der Waals surface area contributed by atoms with Crippen LogP contribution in [0.15, 0.2) is 18.2 Å². The van der Waals surface area contributed by atoms with E-state index in [0.717, 1.165) is 5.56 Å². The highest BCUT2D eigenvalue weighted by Gasteiger charge is 2.13. The van der Waals surface area contributed by atoms with Gasteiger partial charge in [-0.1, -0.05) is 26.8 Å². The molecular formula is C14H20FNO2S. The first-order valence-electron chi connectivity index (χ1n) is 6.10. The van der Waals surface area contributed by atoms with Gasteiger partial charge in [-0.2, -0.15) is 0 Å². The summed E-state index contributed by atoms with van der Waals surface area (Å²) in [6.45, 7) is 6.17. The molecule has 106 valence electrons. The molecule has 0 fully saturated rings. The maximum absolute atomic E-state index is 13.2. The number of amides is 1. The van der Waals surface area contributed by atoms with Gasteiger partial charge in [0.1, 0.15) is 5.82 Å². The molecule has 0 heterocycles. The zero-order valence-corrected chi connectivity index (χ0v) is 12.3. The minimum Gasteiger partial charge on any atom is -0.392 e. The monoisotopic (exact) mass is 285 g/mol. The standard InChI is InChI=1S/C14H20FNO2S/c1-14(2,3)19-9-13(18)16-7-10-4-5-12(15)11(6-10)8-17/h4-6,17H,7-9H2,1-3H3,(H,16,18). The topological polar surface area (TPSA) is 49.3 Å². The van der Waals surface area contributed by atoms with Crippen LogP contribution in [-0.4, -0.2) is 21.5 Å². The van der Waals surface area contributed by atoms with E-state index < -0.39 is 5.82 Å². The van der Waals surface area contributed by atoms with Gasteiger partial charge in [0.25, 0.3) is 0 Å². The van der Waals surface area contributed by atoms with Crippen molar-refractivity contribution in [3.63, 3.8) is 0 Å². The Morgan fingerprint density at radius 2 is 2.11 bits per heavy atom. The molecule has 2 N–H and O–H groups in total. The molecule has 0 saturated heterocycles. The molecule has 0 bridgehead atoms. The summed E-state index contributed by atoms with van der Waals surface area (Å²) in [5.41, 5.74) is 1.02. The number of carbonyl (C=O) groups is 1. The molecule has 1 aromatic carbocycles. The molecule has 1 rings (SSSR count). The lowest BCUT2D eigenvalue weighted by Crippen LogP contribution is -2.26. The lowest BCUT2D eigenvalue weighted by molar-refractivity contribution is -0.118. The van der Waals surface area contributed by atoms with Gasteiger partial charge in [-0.05, 0) is 17.7 Å². The first-order chi connectivity index (χ1) is 8.81. The molecule has 0 aromatic heterocycles. The molecule has 0 radical (unpaired) electrons. The van der Waals surface area contributed by atoms with E-state index in [2.05, 4.69) is 26.1 Å². The van der Waals surface area contributed by atoms with Gasteiger partial charge in [0.2, 0.25) is 5.91 Å². The van der Waals surface area contributed by atoms with Gasteiger partial charge in [-0.15, -0.1) is 11.8 Å². The number of aliphatic hydroxyl groups excluding tert-OH is 1. The zero-order chi connectivity index (χ0) is 14.5. The summed E-state index contributed by atoms with van der Waals surface area (Å²) in [6.07, 6.45) is 0. The van der Waals surface area contributed by atoms with Gasteiger partial charge in [0, 0.05) is 16.9 Å². The highest BCUT2D eigenvalue weighted by molar-refractivity contribution is 8.01. The first-order valence-corrected chi connectivity index (χ1v) is 7.09. The third-order valence-corrected chi connectivity index (χ3v) is 3.68. The van der Waals surface area contributed by atoms with Crippen molar-refractivity contribution in [1.29, 1.82) is 0 Å². The molecular weight excluding hydrogens is 265 g/mol. The number of aliphatic hydroxyl groups is 1. The zero-order valence-electron chi connectivity index (χ0n) is 11.5. The molecule has 0 aliphatic carbocycles. The fourth-order valence-corrected chi connectivity index (χ4v) is 2.06. The summed E-state index contributed by atoms with van der Waals surface area (Å²) in [5.74, 6) is -0.0759. The Bertz CT molecular complexity index is 444. The summed E-state index contributed by atoms with van der Waals surface area (Å²) < 4.78 is 13.2. The van der Waals surface area contributed by atoms with Gasteiger partial charge < -0.3 is 10.4 Å². The van der Waals surface area contributed by atoms with Crippen LogP contribution in [0.3, 0.4) is 0 Å². The number of hydrogen-bond donors (Lipinski definition) is 2. The van der Waals surface area contributed by atoms with Crippen molar-refractivity contribution in [2.75, 3.05) is 5.75 Å². The molecule has 0 saturated carbocycles. The summed E-state index contributed by atoms with van der Waals surface area (Å²) in [4.78, 5) is 11.6. The van der Waals surface area contributed by atoms with Crippen molar-refractivity contribution < 1.29 is 14.3 Å². The van der Waals surface area contributed by atoms with Gasteiger partial charge in [0.05, 0.1) is 12.4 Å². The SMILES string of the molecule is CC(C)(C)SCC(=O)NCc1ccc(F)c(CO)c1. The average molecular weight is 285 g/mol. The molecule has 5 heteroatoms. The first kappa shape index (κ1) is 16.0. The van der Waals surface area contributed by atoms with E-state index in [9.17, 15) is 9.18 Å². The van der Waals surface area contributed by atoms with E-state index in [-0.39, 0.29) is 22.8 Å². The maximum atomic E-state index is 13.2. The normalized spacial score (nSPS) is 11.4. The Morgan fingerprint density at radius 3 is 2.68 bits per heavy atom. The van der Waals surface area contributed by atoms with E-state index in [0.29, 0.717) is 12.3 Å². The van der Waals surface area contributed by atoms with Crippen molar-refractivity contribution in [3.05, 3.63) is 35.1 Å². The molecule has 3 nitrogen and oxygen atoms in total. The second-order valence-corrected chi connectivity index (χ2v) is 7.06. The number of carbonyl (C=O) groups excluding carboxylic acids is 1. The number of halogens is 1. The van der Waals surface area contributed by atoms with Crippen LogP contribution in [-0.2, 0) is 17.9 Å². The molecule has 0 unspecified atom stereocenters. The molecule has 0 atom stereocenters. The van der Waals surface area contributed by atoms with Gasteiger partial charge in [0.15, 0.2) is 0 Å². The molecule has 19 heavy (non-hydrogen) atoms. The van der Waals surface area contributed by atoms with Crippen LogP contribution in [0.2, 0.25) is 0 Å². The van der Waals surface area contributed by atoms with Crippen molar-refractivity contribution in [2.24, 2.45) is 0 Å². The molecule has 0 spiro atoms. The second kappa shape index (κ2) is 6.91. The smallest absolute Gasteiger partial charge is 0.230 e. The maximum Gasteiger partial charge on any atom is 0.230 e. The van der Waals surface area contributed by atoms with Crippen LogP contribution in [0.5, 0.6) is 0 Å². The van der Waals surface area contributed by atoms with Crippen LogP contribution >= 0.6 is 11.8 Å². The third-order valence-electron chi connectivity index (χ3n) is 2.41. The summed E-state index contributed by atoms with van der Waals surface area (Å²) >= 11 is 1.57. The molecule has 1 amide bonds. The van der Waals surface area contributed by atoms with Crippen molar-refractivity contribution in [3.8, 4) is 0 Å². The van der Waals surface area contributed by atoms with Gasteiger partial charge in [-0.25, -0.2) is 4.39 Å². The highest BCUT2D eigenvalue weighted by atomic mass is 32.2.